The minimum Gasteiger partial charge on any atom is -0.489 e. The monoisotopic (exact) mass is 166 g/mol. The van der Waals surface area contributed by atoms with E-state index >= 15 is 0 Å². The van der Waals surface area contributed by atoms with Crippen LogP contribution in [-0.2, 0) is 0 Å². The molecule has 0 saturated carbocycles. The van der Waals surface area contributed by atoms with Gasteiger partial charge in [-0.2, -0.15) is 0 Å². The summed E-state index contributed by atoms with van der Waals surface area (Å²) in [6.45, 7) is 1.46. The Labute approximate surface area is 70.6 Å². The zero-order chi connectivity index (χ0) is 8.55. The van der Waals surface area contributed by atoms with Gasteiger partial charge in [0, 0.05) is 19.2 Å². The Morgan fingerprint density at radius 2 is 2.50 bits per heavy atom. The van der Waals surface area contributed by atoms with E-state index in [-0.39, 0.29) is 5.82 Å². The van der Waals surface area contributed by atoms with Crippen molar-refractivity contribution in [3.05, 3.63) is 24.0 Å². The summed E-state index contributed by atoms with van der Waals surface area (Å²) < 4.78 is 17.9. The Morgan fingerprint density at radius 1 is 1.67 bits per heavy atom. The Morgan fingerprint density at radius 3 is 3.33 bits per heavy atom. The molecule has 3 heteroatoms. The fraction of sp³-hybridized carbons (Fsp3) is 0.333. The van der Waals surface area contributed by atoms with E-state index < -0.39 is 0 Å². The quantitative estimate of drug-likeness (QED) is 0.578. The van der Waals surface area contributed by atoms with Crippen molar-refractivity contribution >= 4 is 5.69 Å². The van der Waals surface area contributed by atoms with Crippen LogP contribution in [0.3, 0.4) is 0 Å². The van der Waals surface area contributed by atoms with Crippen LogP contribution in [0.1, 0.15) is 0 Å². The molecule has 63 valence electrons. The van der Waals surface area contributed by atoms with Gasteiger partial charge in [0.2, 0.25) is 0 Å². The topological polar surface area (TPSA) is 12.5 Å². The largest absolute Gasteiger partial charge is 0.489 e. The molecule has 0 aromatic heterocycles. The lowest BCUT2D eigenvalue weighted by molar-refractivity contribution is 0.309. The van der Waals surface area contributed by atoms with E-state index in [2.05, 4.69) is 6.07 Å². The summed E-state index contributed by atoms with van der Waals surface area (Å²) in [6, 6.07) is 5.48. The van der Waals surface area contributed by atoms with Crippen molar-refractivity contribution in [1.29, 1.82) is 0 Å². The van der Waals surface area contributed by atoms with E-state index in [1.807, 2.05) is 11.9 Å². The zero-order valence-corrected chi connectivity index (χ0v) is 6.80. The maximum atomic E-state index is 12.7. The van der Waals surface area contributed by atoms with Gasteiger partial charge >= 0.3 is 0 Å². The van der Waals surface area contributed by atoms with Gasteiger partial charge in [0.15, 0.2) is 0 Å². The number of likely N-dealkylation sites (N-methyl/N-ethyl adjacent to an activating group) is 1. The van der Waals surface area contributed by atoms with E-state index in [4.69, 9.17) is 4.74 Å². The molecule has 0 spiro atoms. The van der Waals surface area contributed by atoms with E-state index in [1.165, 1.54) is 6.07 Å². The molecule has 0 amide bonds. The first-order chi connectivity index (χ1) is 5.77. The van der Waals surface area contributed by atoms with E-state index in [9.17, 15) is 4.39 Å². The second-order valence-corrected chi connectivity index (χ2v) is 2.80. The van der Waals surface area contributed by atoms with Crippen LogP contribution in [0, 0.1) is 11.9 Å². The molecular formula is C9H9FNO. The van der Waals surface area contributed by atoms with E-state index in [1.54, 1.807) is 6.07 Å². The summed E-state index contributed by atoms with van der Waals surface area (Å²) in [6.07, 6.45) is 0. The molecule has 0 N–H and O–H groups in total. The van der Waals surface area contributed by atoms with Crippen LogP contribution >= 0.6 is 0 Å². The molecule has 2 nitrogen and oxygen atoms in total. The Balaban J connectivity index is 2.46. The second kappa shape index (κ2) is 2.66. The van der Waals surface area contributed by atoms with Crippen molar-refractivity contribution < 1.29 is 9.13 Å². The van der Waals surface area contributed by atoms with Gasteiger partial charge in [-0.3, -0.25) is 0 Å². The van der Waals surface area contributed by atoms with Gasteiger partial charge in [0.05, 0.1) is 12.2 Å². The maximum Gasteiger partial charge on any atom is 0.145 e. The van der Waals surface area contributed by atoms with Crippen molar-refractivity contribution in [2.24, 2.45) is 0 Å². The first kappa shape index (κ1) is 7.40. The molecule has 0 bridgehead atoms. The third kappa shape index (κ3) is 1.11. The Bertz CT molecular complexity index is 301. The lowest BCUT2D eigenvalue weighted by Gasteiger charge is -2.27. The first-order valence-corrected chi connectivity index (χ1v) is 3.82. The molecule has 1 radical (unpaired) electrons. The molecule has 1 aromatic rings. The van der Waals surface area contributed by atoms with Crippen LogP contribution in [0.2, 0.25) is 0 Å². The van der Waals surface area contributed by atoms with Crippen molar-refractivity contribution in [1.82, 2.24) is 0 Å². The fourth-order valence-corrected chi connectivity index (χ4v) is 1.27. The summed E-state index contributed by atoms with van der Waals surface area (Å²) in [7, 11) is 1.95. The number of rotatable bonds is 0. The number of nitrogens with zero attached hydrogens (tertiary/aromatic N) is 1. The normalized spacial score (nSPS) is 15.3. The molecule has 12 heavy (non-hydrogen) atoms. The van der Waals surface area contributed by atoms with E-state index in [0.29, 0.717) is 12.4 Å². The number of benzene rings is 1. The van der Waals surface area contributed by atoms with Gasteiger partial charge in [0.25, 0.3) is 0 Å². The SMILES string of the molecule is CN1CCOc2cc(F)[c]cc21. The lowest BCUT2D eigenvalue weighted by Crippen LogP contribution is -2.28. The lowest BCUT2D eigenvalue weighted by atomic mass is 10.2. The van der Waals surface area contributed by atoms with Gasteiger partial charge in [-0.05, 0) is 6.07 Å². The molecule has 1 aliphatic rings. The summed E-state index contributed by atoms with van der Waals surface area (Å²) in [5, 5.41) is 0. The van der Waals surface area contributed by atoms with Gasteiger partial charge in [0.1, 0.15) is 18.2 Å². The van der Waals surface area contributed by atoms with Crippen molar-refractivity contribution in [3.63, 3.8) is 0 Å². The van der Waals surface area contributed by atoms with Gasteiger partial charge in [-0.15, -0.1) is 0 Å². The number of halogens is 1. The highest BCUT2D eigenvalue weighted by atomic mass is 19.1. The molecule has 0 atom stereocenters. The van der Waals surface area contributed by atoms with Crippen LogP contribution in [0.25, 0.3) is 0 Å². The van der Waals surface area contributed by atoms with Gasteiger partial charge in [-0.1, -0.05) is 0 Å². The minimum atomic E-state index is -0.371. The zero-order valence-electron chi connectivity index (χ0n) is 6.80. The number of anilines is 1. The molecule has 1 heterocycles. The maximum absolute atomic E-state index is 12.7. The van der Waals surface area contributed by atoms with Crippen LogP contribution in [0.5, 0.6) is 5.75 Å². The third-order valence-corrected chi connectivity index (χ3v) is 1.95. The van der Waals surface area contributed by atoms with Crippen molar-refractivity contribution in [2.75, 3.05) is 25.1 Å². The Hall–Kier alpha value is -1.25. The Kier molecular flexibility index (Phi) is 1.64. The first-order valence-electron chi connectivity index (χ1n) is 3.82. The van der Waals surface area contributed by atoms with Crippen LogP contribution in [0.15, 0.2) is 12.1 Å². The molecule has 1 aliphatic heterocycles. The molecule has 1 aromatic carbocycles. The van der Waals surface area contributed by atoms with Gasteiger partial charge < -0.3 is 9.64 Å². The fourth-order valence-electron chi connectivity index (χ4n) is 1.27. The smallest absolute Gasteiger partial charge is 0.145 e. The van der Waals surface area contributed by atoms with Crippen molar-refractivity contribution in [3.8, 4) is 5.75 Å². The molecule has 0 unspecified atom stereocenters. The third-order valence-electron chi connectivity index (χ3n) is 1.95. The minimum absolute atomic E-state index is 0.371. The highest BCUT2D eigenvalue weighted by Crippen LogP contribution is 2.30. The summed E-state index contributed by atoms with van der Waals surface area (Å²) in [5.41, 5.74) is 0.905. The number of hydrogen-bond donors (Lipinski definition) is 0. The molecule has 0 aliphatic carbocycles. The highest BCUT2D eigenvalue weighted by Gasteiger charge is 2.14. The number of ether oxygens (including phenoxy) is 1. The number of hydrogen-bond acceptors (Lipinski definition) is 2. The highest BCUT2D eigenvalue weighted by molar-refractivity contribution is 5.58. The summed E-state index contributed by atoms with van der Waals surface area (Å²) in [5.74, 6) is 0.240. The predicted molar refractivity (Wildman–Crippen MR) is 44.0 cm³/mol. The predicted octanol–water partition coefficient (Wildman–Crippen LogP) is 1.45. The summed E-state index contributed by atoms with van der Waals surface area (Å²) >= 11 is 0. The van der Waals surface area contributed by atoms with Crippen LogP contribution in [-0.4, -0.2) is 20.2 Å². The average Bonchev–Trinajstić information content (AvgIpc) is 2.04. The van der Waals surface area contributed by atoms with Gasteiger partial charge in [-0.25, -0.2) is 4.39 Å². The summed E-state index contributed by atoms with van der Waals surface area (Å²) in [4.78, 5) is 2.02. The number of fused-ring (bicyclic) bond motifs is 1. The van der Waals surface area contributed by atoms with Crippen LogP contribution in [0.4, 0.5) is 10.1 Å². The molecular weight excluding hydrogens is 157 g/mol. The molecule has 0 saturated heterocycles. The standard InChI is InChI=1S/C9H9FNO/c1-11-4-5-12-9-6-7(10)2-3-8(9)11/h3,6H,4-5H2,1H3. The van der Waals surface area contributed by atoms with Crippen LogP contribution < -0.4 is 9.64 Å². The van der Waals surface area contributed by atoms with Crippen molar-refractivity contribution in [2.45, 2.75) is 0 Å². The van der Waals surface area contributed by atoms with E-state index in [0.717, 1.165) is 12.2 Å². The average molecular weight is 166 g/mol. The molecule has 0 fully saturated rings. The molecule has 2 rings (SSSR count). The second-order valence-electron chi connectivity index (χ2n) is 2.80.